The molecule has 1 aliphatic carbocycles. The quantitative estimate of drug-likeness (QED) is 0.120. The van der Waals surface area contributed by atoms with Gasteiger partial charge in [0.15, 0.2) is 0 Å². The third-order valence-corrected chi connectivity index (χ3v) is 14.3. The minimum Gasteiger partial charge on any atom is -0.622 e. The van der Waals surface area contributed by atoms with Gasteiger partial charge in [0, 0.05) is 60.4 Å². The molecular formula is C58H38N6O2. The van der Waals surface area contributed by atoms with E-state index in [9.17, 15) is 21.0 Å². The number of hydrogen-bond acceptors (Lipinski definition) is 6. The molecule has 0 spiro atoms. The molecule has 66 heavy (non-hydrogen) atoms. The third-order valence-electron chi connectivity index (χ3n) is 14.3. The first kappa shape index (κ1) is 40.3. The Bertz CT molecular complexity index is 3100. The molecule has 0 radical (unpaired) electrons. The topological polar surface area (TPSA) is 141 Å². The van der Waals surface area contributed by atoms with Crippen molar-refractivity contribution in [1.82, 2.24) is 9.29 Å². The second kappa shape index (κ2) is 15.7. The molecule has 1 fully saturated rings. The van der Waals surface area contributed by atoms with Gasteiger partial charge < -0.3 is 10.4 Å². The molecule has 2 aliphatic heterocycles. The van der Waals surface area contributed by atoms with Crippen molar-refractivity contribution in [1.29, 1.82) is 21.0 Å². The highest BCUT2D eigenvalue weighted by Crippen LogP contribution is 2.66. The summed E-state index contributed by atoms with van der Waals surface area (Å²) in [6.07, 6.45) is 0.870. The number of para-hydroxylation sites is 2. The van der Waals surface area contributed by atoms with Crippen LogP contribution in [0.1, 0.15) is 58.1 Å². The van der Waals surface area contributed by atoms with Crippen LogP contribution in [0.5, 0.6) is 0 Å². The van der Waals surface area contributed by atoms with Crippen molar-refractivity contribution >= 4 is 22.7 Å². The molecule has 5 unspecified atom stereocenters. The van der Waals surface area contributed by atoms with Gasteiger partial charge in [-0.05, 0) is 80.9 Å². The van der Waals surface area contributed by atoms with Crippen LogP contribution >= 0.6 is 0 Å². The molecule has 0 N–H and O–H groups in total. The number of benzene rings is 8. The number of hydrogen-bond donors (Lipinski definition) is 0. The molecule has 6 atom stereocenters. The Kier molecular flexibility index (Phi) is 9.58. The third kappa shape index (κ3) is 5.96. The molecule has 8 aromatic carbocycles. The van der Waals surface area contributed by atoms with Gasteiger partial charge in [0.25, 0.3) is 0 Å². The van der Waals surface area contributed by atoms with E-state index in [-0.39, 0.29) is 11.8 Å². The average Bonchev–Trinajstić information content (AvgIpc) is 3.81. The molecule has 8 heteroatoms. The summed E-state index contributed by atoms with van der Waals surface area (Å²) in [4.78, 5) is 0. The van der Waals surface area contributed by atoms with Crippen LogP contribution in [0.2, 0.25) is 0 Å². The first-order valence-electron chi connectivity index (χ1n) is 22.0. The second-order valence-electron chi connectivity index (χ2n) is 17.4. The van der Waals surface area contributed by atoms with Gasteiger partial charge in [-0.15, -0.1) is 0 Å². The molecule has 0 aromatic heterocycles. The normalized spacial score (nSPS) is 22.0. The number of rotatable bonds is 6. The van der Waals surface area contributed by atoms with E-state index in [1.807, 2.05) is 158 Å². The number of nitriles is 4. The second-order valence-corrected chi connectivity index (χ2v) is 17.4. The molecule has 312 valence electrons. The van der Waals surface area contributed by atoms with Gasteiger partial charge in [0.1, 0.15) is 34.8 Å². The maximum Gasteiger partial charge on any atom is 0.141 e. The van der Waals surface area contributed by atoms with E-state index < -0.39 is 21.4 Å². The van der Waals surface area contributed by atoms with Gasteiger partial charge >= 0.3 is 0 Å². The van der Waals surface area contributed by atoms with Crippen LogP contribution in [-0.2, 0) is 0 Å². The van der Waals surface area contributed by atoms with E-state index in [1.165, 1.54) is 0 Å². The van der Waals surface area contributed by atoms with Gasteiger partial charge in [-0.3, -0.25) is 9.29 Å². The average molecular weight is 851 g/mol. The molecule has 3 aliphatic rings. The molecule has 0 amide bonds. The smallest absolute Gasteiger partial charge is 0.141 e. The van der Waals surface area contributed by atoms with Crippen molar-refractivity contribution in [3.05, 3.63) is 226 Å². The summed E-state index contributed by atoms with van der Waals surface area (Å²) in [5.74, 6) is -0.697. The minimum atomic E-state index is -0.773. The van der Waals surface area contributed by atoms with Crippen molar-refractivity contribution in [2.75, 3.05) is 0 Å². The Morgan fingerprint density at radius 3 is 0.939 bits per heavy atom. The maximum atomic E-state index is 16.7. The predicted molar refractivity (Wildman–Crippen MR) is 258 cm³/mol. The lowest BCUT2D eigenvalue weighted by molar-refractivity contribution is 0.192. The van der Waals surface area contributed by atoms with Crippen molar-refractivity contribution in [2.45, 2.75) is 36.8 Å². The van der Waals surface area contributed by atoms with E-state index >= 15 is 10.4 Å². The van der Waals surface area contributed by atoms with E-state index in [2.05, 4.69) is 24.3 Å². The first-order valence-corrected chi connectivity index (χ1v) is 22.0. The van der Waals surface area contributed by atoms with Crippen molar-refractivity contribution < 1.29 is 0 Å². The van der Waals surface area contributed by atoms with Crippen molar-refractivity contribution in [3.63, 3.8) is 0 Å². The molecule has 1 saturated carbocycles. The molecule has 0 saturated heterocycles. The summed E-state index contributed by atoms with van der Waals surface area (Å²) in [6, 6.07) is 65.0. The standard InChI is InChI=1S/C58H38N6O2/c59-33-37-13-1-5-17-47(37)41-27-42(48-18-6-2-14-38(48)34-60)30-45(29-41)63(65)53-23-11-9-21-51(53)57-55(63)25-26-56-58(57)52-22-10-12-24-54(52)64(56,66)46-31-43(49-19-7-3-15-39(49)35-61)28-44(32-46)50-20-8-4-16-40(50)36-62/h1-24,27-32,55-58H,25-26H2/t55?,56?,57-,58?,63?,64?/m1/s1. The van der Waals surface area contributed by atoms with Crippen molar-refractivity contribution in [3.8, 4) is 68.8 Å². The number of hydroxylamine groups is 2. The van der Waals surface area contributed by atoms with Crippen LogP contribution in [0.4, 0.5) is 22.7 Å². The molecule has 8 nitrogen and oxygen atoms in total. The largest absolute Gasteiger partial charge is 0.622 e. The maximum absolute atomic E-state index is 16.7. The van der Waals surface area contributed by atoms with E-state index in [4.69, 9.17) is 0 Å². The van der Waals surface area contributed by atoms with Crippen LogP contribution < -0.4 is 9.29 Å². The zero-order valence-electron chi connectivity index (χ0n) is 35.5. The lowest BCUT2D eigenvalue weighted by Gasteiger charge is -2.51. The zero-order valence-corrected chi connectivity index (χ0v) is 35.5. The van der Waals surface area contributed by atoms with Gasteiger partial charge in [0.05, 0.1) is 58.4 Å². The fourth-order valence-electron chi connectivity index (χ4n) is 11.5. The molecule has 8 aromatic rings. The Labute approximate surface area is 382 Å². The molecule has 11 rings (SSSR count). The SMILES string of the molecule is N#Cc1ccccc1-c1cc(-c2ccccc2C#N)cc([N+]2([O-])c3ccccc3C3C2CCC2[C@H]3c3ccccc3[N+]2([O-])c2cc(-c3ccccc3C#N)cc(-c3ccccc3C#N)c2)c1. The monoisotopic (exact) mass is 850 g/mol. The van der Waals surface area contributed by atoms with E-state index in [1.54, 1.807) is 24.3 Å². The fraction of sp³-hybridized carbons (Fsp3) is 0.103. The van der Waals surface area contributed by atoms with Crippen LogP contribution in [0.25, 0.3) is 44.5 Å². The highest BCUT2D eigenvalue weighted by Gasteiger charge is 2.63. The summed E-state index contributed by atoms with van der Waals surface area (Å²) in [5, 5.41) is 74.3. The Hall–Kier alpha value is -8.44. The molecular weight excluding hydrogens is 813 g/mol. The lowest BCUT2D eigenvalue weighted by Crippen LogP contribution is -2.55. The van der Waals surface area contributed by atoms with E-state index in [0.717, 1.165) is 11.1 Å². The first-order chi connectivity index (χ1) is 32.3. The predicted octanol–water partition coefficient (Wildman–Crippen LogP) is 13.5. The summed E-state index contributed by atoms with van der Waals surface area (Å²) in [7, 11) is 0. The van der Waals surface area contributed by atoms with Crippen LogP contribution in [0.15, 0.2) is 182 Å². The summed E-state index contributed by atoms with van der Waals surface area (Å²) >= 11 is 0. The number of nitrogens with zero attached hydrogens (tertiary/aromatic N) is 6. The fourth-order valence-corrected chi connectivity index (χ4v) is 11.5. The van der Waals surface area contributed by atoms with Crippen LogP contribution in [0, 0.1) is 55.7 Å². The van der Waals surface area contributed by atoms with Gasteiger partial charge in [0.2, 0.25) is 0 Å². The van der Waals surface area contributed by atoms with Crippen molar-refractivity contribution in [2.24, 2.45) is 0 Å². The lowest BCUT2D eigenvalue weighted by atomic mass is 9.69. The molecule has 2 heterocycles. The summed E-state index contributed by atoms with van der Waals surface area (Å²) in [5.41, 5.74) is 11.4. The highest BCUT2D eigenvalue weighted by molar-refractivity contribution is 5.87. The van der Waals surface area contributed by atoms with Gasteiger partial charge in [-0.1, -0.05) is 109 Å². The van der Waals surface area contributed by atoms with Gasteiger partial charge in [-0.2, -0.15) is 21.0 Å². The number of fused-ring (bicyclic) bond motifs is 7. The Morgan fingerprint density at radius 1 is 0.364 bits per heavy atom. The van der Waals surface area contributed by atoms with Gasteiger partial charge in [-0.25, -0.2) is 0 Å². The Balaban J connectivity index is 1.11. The summed E-state index contributed by atoms with van der Waals surface area (Å²) < 4.78 is -1.55. The Morgan fingerprint density at radius 2 is 0.636 bits per heavy atom. The summed E-state index contributed by atoms with van der Waals surface area (Å²) in [6.45, 7) is 0. The van der Waals surface area contributed by atoms with Crippen LogP contribution in [0.3, 0.4) is 0 Å². The van der Waals surface area contributed by atoms with E-state index in [0.29, 0.717) is 102 Å². The van der Waals surface area contributed by atoms with Crippen LogP contribution in [-0.4, -0.2) is 12.1 Å². The molecule has 0 bridgehead atoms. The number of quaternary nitrogens is 2. The zero-order chi connectivity index (χ0) is 45.2. The minimum absolute atomic E-state index is 0.348. The highest BCUT2D eigenvalue weighted by atomic mass is 16.6.